The molecule has 1 amide bonds. The van der Waals surface area contributed by atoms with Crippen LogP contribution < -0.4 is 5.73 Å². The van der Waals surface area contributed by atoms with Crippen LogP contribution in [-0.4, -0.2) is 17.9 Å². The number of thiophene rings is 1. The Morgan fingerprint density at radius 2 is 2.16 bits per heavy atom. The summed E-state index contributed by atoms with van der Waals surface area (Å²) >= 11 is 1.57. The van der Waals surface area contributed by atoms with Crippen molar-refractivity contribution in [2.45, 2.75) is 13.0 Å². The van der Waals surface area contributed by atoms with Crippen LogP contribution >= 0.6 is 11.3 Å². The summed E-state index contributed by atoms with van der Waals surface area (Å²) in [4.78, 5) is 14.9. The van der Waals surface area contributed by atoms with Gasteiger partial charge in [-0.3, -0.25) is 4.79 Å². The van der Waals surface area contributed by atoms with Crippen LogP contribution in [0.3, 0.4) is 0 Å². The summed E-state index contributed by atoms with van der Waals surface area (Å²) in [6.07, 6.45) is 0. The van der Waals surface area contributed by atoms with Crippen LogP contribution in [0.2, 0.25) is 0 Å². The van der Waals surface area contributed by atoms with E-state index in [0.717, 1.165) is 4.88 Å². The molecule has 0 aliphatic carbocycles. The average Bonchev–Trinajstić information content (AvgIpc) is 2.93. The summed E-state index contributed by atoms with van der Waals surface area (Å²) in [7, 11) is 1.66. The number of benzene rings is 1. The number of anilines is 1. The minimum Gasteiger partial charge on any atom is -0.399 e. The van der Waals surface area contributed by atoms with Gasteiger partial charge in [-0.05, 0) is 36.6 Å². The van der Waals surface area contributed by atoms with Gasteiger partial charge < -0.3 is 10.6 Å². The highest BCUT2D eigenvalue weighted by molar-refractivity contribution is 7.10. The second-order valence-corrected chi connectivity index (χ2v) is 5.33. The van der Waals surface area contributed by atoms with E-state index in [0.29, 0.717) is 5.69 Å². The topological polar surface area (TPSA) is 46.3 Å². The zero-order chi connectivity index (χ0) is 14.0. The number of nitrogens with two attached hydrogens (primary N) is 1. The highest BCUT2D eigenvalue weighted by Crippen LogP contribution is 2.25. The fourth-order valence-corrected chi connectivity index (χ4v) is 2.62. The fraction of sp³-hybridized carbons (Fsp3) is 0.214. The van der Waals surface area contributed by atoms with Gasteiger partial charge in [0.1, 0.15) is 5.82 Å². The van der Waals surface area contributed by atoms with Gasteiger partial charge in [-0.1, -0.05) is 6.07 Å². The predicted molar refractivity (Wildman–Crippen MR) is 75.6 cm³/mol. The summed E-state index contributed by atoms with van der Waals surface area (Å²) in [6, 6.07) is 7.80. The fourth-order valence-electron chi connectivity index (χ4n) is 1.79. The summed E-state index contributed by atoms with van der Waals surface area (Å²) in [5, 5.41) is 1.95. The lowest BCUT2D eigenvalue weighted by Gasteiger charge is -2.24. The van der Waals surface area contributed by atoms with Crippen molar-refractivity contribution in [3.63, 3.8) is 0 Å². The number of nitrogens with zero attached hydrogens (tertiary/aromatic N) is 1. The molecule has 0 aliphatic heterocycles. The quantitative estimate of drug-likeness (QED) is 0.876. The van der Waals surface area contributed by atoms with Gasteiger partial charge in [0.05, 0.1) is 11.6 Å². The Labute approximate surface area is 115 Å². The average molecular weight is 278 g/mol. The molecule has 100 valence electrons. The molecule has 1 aromatic carbocycles. The SMILES string of the molecule is CC(c1cccs1)N(C)C(=O)c1cc(N)ccc1F. The van der Waals surface area contributed by atoms with Gasteiger partial charge in [-0.15, -0.1) is 11.3 Å². The van der Waals surface area contributed by atoms with E-state index in [1.807, 2.05) is 24.4 Å². The number of carbonyl (C=O) groups is 1. The molecular formula is C14H15FN2OS. The second-order valence-electron chi connectivity index (χ2n) is 4.35. The van der Waals surface area contributed by atoms with Crippen LogP contribution in [0.25, 0.3) is 0 Å². The Morgan fingerprint density at radius 1 is 1.42 bits per heavy atom. The van der Waals surface area contributed by atoms with E-state index < -0.39 is 5.82 Å². The summed E-state index contributed by atoms with van der Waals surface area (Å²) < 4.78 is 13.7. The molecule has 1 heterocycles. The molecule has 0 bridgehead atoms. The Hall–Kier alpha value is -1.88. The van der Waals surface area contributed by atoms with Crippen LogP contribution in [0.15, 0.2) is 35.7 Å². The molecule has 2 N–H and O–H groups in total. The molecule has 1 unspecified atom stereocenters. The molecule has 0 radical (unpaired) electrons. The van der Waals surface area contributed by atoms with Crippen molar-refractivity contribution in [1.29, 1.82) is 0 Å². The number of hydrogen-bond acceptors (Lipinski definition) is 3. The number of rotatable bonds is 3. The first-order chi connectivity index (χ1) is 9.00. The van der Waals surface area contributed by atoms with Crippen LogP contribution in [0.4, 0.5) is 10.1 Å². The normalized spacial score (nSPS) is 12.2. The van der Waals surface area contributed by atoms with E-state index in [9.17, 15) is 9.18 Å². The predicted octanol–water partition coefficient (Wildman–Crippen LogP) is 3.30. The van der Waals surface area contributed by atoms with E-state index in [2.05, 4.69) is 0 Å². The second kappa shape index (κ2) is 5.40. The smallest absolute Gasteiger partial charge is 0.257 e. The van der Waals surface area contributed by atoms with Gasteiger partial charge in [-0.25, -0.2) is 4.39 Å². The first kappa shape index (κ1) is 13.5. The lowest BCUT2D eigenvalue weighted by Crippen LogP contribution is -2.30. The Bertz CT molecular complexity index is 583. The number of amides is 1. The van der Waals surface area contributed by atoms with Crippen molar-refractivity contribution >= 4 is 22.9 Å². The highest BCUT2D eigenvalue weighted by atomic mass is 32.1. The van der Waals surface area contributed by atoms with Gasteiger partial charge in [-0.2, -0.15) is 0 Å². The molecule has 0 saturated heterocycles. The number of hydrogen-bond donors (Lipinski definition) is 1. The number of nitrogen functional groups attached to an aromatic ring is 1. The standard InChI is InChI=1S/C14H15FN2OS/c1-9(13-4-3-7-19-13)17(2)14(18)11-8-10(16)5-6-12(11)15/h3-9H,16H2,1-2H3. The van der Waals surface area contributed by atoms with E-state index in [4.69, 9.17) is 5.73 Å². The van der Waals surface area contributed by atoms with Gasteiger partial charge in [0.25, 0.3) is 5.91 Å². The maximum absolute atomic E-state index is 13.7. The molecule has 5 heteroatoms. The lowest BCUT2D eigenvalue weighted by atomic mass is 10.1. The monoisotopic (exact) mass is 278 g/mol. The Kier molecular flexibility index (Phi) is 3.85. The zero-order valence-corrected chi connectivity index (χ0v) is 11.6. The first-order valence-corrected chi connectivity index (χ1v) is 6.74. The Morgan fingerprint density at radius 3 is 2.79 bits per heavy atom. The molecule has 2 rings (SSSR count). The summed E-state index contributed by atoms with van der Waals surface area (Å²) in [5.74, 6) is -0.921. The van der Waals surface area contributed by atoms with Crippen LogP contribution in [0.1, 0.15) is 28.2 Å². The minimum absolute atomic E-state index is 0.00547. The van der Waals surface area contributed by atoms with Crippen molar-refractivity contribution in [3.8, 4) is 0 Å². The van der Waals surface area contributed by atoms with Crippen LogP contribution in [0.5, 0.6) is 0 Å². The maximum Gasteiger partial charge on any atom is 0.257 e. The highest BCUT2D eigenvalue weighted by Gasteiger charge is 2.22. The summed E-state index contributed by atoms with van der Waals surface area (Å²) in [6.45, 7) is 1.91. The van der Waals surface area contributed by atoms with Gasteiger partial charge in [0.2, 0.25) is 0 Å². The van der Waals surface area contributed by atoms with E-state index in [1.165, 1.54) is 23.1 Å². The maximum atomic E-state index is 13.7. The number of carbonyl (C=O) groups excluding carboxylic acids is 1. The molecule has 0 aliphatic rings. The molecule has 19 heavy (non-hydrogen) atoms. The van der Waals surface area contributed by atoms with Crippen LogP contribution in [-0.2, 0) is 0 Å². The third-order valence-corrected chi connectivity index (χ3v) is 4.12. The molecule has 0 fully saturated rings. The zero-order valence-electron chi connectivity index (χ0n) is 10.8. The van der Waals surface area contributed by atoms with E-state index >= 15 is 0 Å². The van der Waals surface area contributed by atoms with Gasteiger partial charge in [0, 0.05) is 17.6 Å². The molecule has 2 aromatic rings. The van der Waals surface area contributed by atoms with Gasteiger partial charge >= 0.3 is 0 Å². The largest absolute Gasteiger partial charge is 0.399 e. The molecule has 1 aromatic heterocycles. The molecule has 1 atom stereocenters. The van der Waals surface area contributed by atoms with Crippen LogP contribution in [0, 0.1) is 5.82 Å². The van der Waals surface area contributed by atoms with Crippen molar-refractivity contribution < 1.29 is 9.18 Å². The van der Waals surface area contributed by atoms with Crippen molar-refractivity contribution in [2.24, 2.45) is 0 Å². The third kappa shape index (κ3) is 2.76. The minimum atomic E-state index is -0.551. The Balaban J connectivity index is 2.26. The molecule has 0 spiro atoms. The van der Waals surface area contributed by atoms with Crippen molar-refractivity contribution in [3.05, 3.63) is 52.0 Å². The molecule has 0 saturated carbocycles. The van der Waals surface area contributed by atoms with Crippen molar-refractivity contribution in [1.82, 2.24) is 4.90 Å². The number of halogens is 1. The first-order valence-electron chi connectivity index (χ1n) is 5.86. The van der Waals surface area contributed by atoms with Gasteiger partial charge in [0.15, 0.2) is 0 Å². The summed E-state index contributed by atoms with van der Waals surface area (Å²) in [5.41, 5.74) is 5.98. The molecular weight excluding hydrogens is 263 g/mol. The lowest BCUT2D eigenvalue weighted by molar-refractivity contribution is 0.0740. The van der Waals surface area contributed by atoms with E-state index in [-0.39, 0.29) is 17.5 Å². The van der Waals surface area contributed by atoms with Crippen molar-refractivity contribution in [2.75, 3.05) is 12.8 Å². The molecule has 3 nitrogen and oxygen atoms in total. The van der Waals surface area contributed by atoms with E-state index in [1.54, 1.807) is 18.4 Å². The third-order valence-electron chi connectivity index (χ3n) is 3.08.